The predicted octanol–water partition coefficient (Wildman–Crippen LogP) is 14.9. The summed E-state index contributed by atoms with van der Waals surface area (Å²) in [6.07, 6.45) is 1.77. The van der Waals surface area contributed by atoms with Gasteiger partial charge in [-0.05, 0) is 101 Å². The SMILES string of the molecule is c1ccc(-c2c3ccccc3c(-c3cccc4sc5cccc(-c6c7ccccc7c(-c7ccco7)c7ccccc67)c5c34)c3ccccc23)cc1. The number of hydrogen-bond acceptors (Lipinski definition) is 2. The molecule has 0 saturated heterocycles. The Kier molecular flexibility index (Phi) is 6.49. The molecule has 0 N–H and O–H groups in total. The zero-order valence-electron chi connectivity index (χ0n) is 28.1. The lowest BCUT2D eigenvalue weighted by atomic mass is 9.83. The van der Waals surface area contributed by atoms with E-state index < -0.39 is 0 Å². The van der Waals surface area contributed by atoms with Gasteiger partial charge in [-0.1, -0.05) is 152 Å². The first-order valence-electron chi connectivity index (χ1n) is 17.8. The van der Waals surface area contributed by atoms with Crippen LogP contribution in [-0.2, 0) is 0 Å². The average Bonchev–Trinajstić information content (AvgIpc) is 3.88. The molecular weight excluding hydrogens is 649 g/mol. The molecule has 0 aliphatic rings. The monoisotopic (exact) mass is 678 g/mol. The van der Waals surface area contributed by atoms with E-state index in [0.29, 0.717) is 0 Å². The fourth-order valence-electron chi connectivity index (χ4n) is 8.72. The molecule has 9 aromatic carbocycles. The van der Waals surface area contributed by atoms with Crippen molar-refractivity contribution in [3.05, 3.63) is 182 Å². The highest BCUT2D eigenvalue weighted by Gasteiger charge is 2.23. The molecule has 52 heavy (non-hydrogen) atoms. The highest BCUT2D eigenvalue weighted by atomic mass is 32.1. The maximum atomic E-state index is 6.07. The quantitative estimate of drug-likeness (QED) is 0.169. The molecule has 0 radical (unpaired) electrons. The molecule has 2 heteroatoms. The fraction of sp³-hybridized carbons (Fsp3) is 0. The lowest BCUT2D eigenvalue weighted by Crippen LogP contribution is -1.92. The summed E-state index contributed by atoms with van der Waals surface area (Å²) in [4.78, 5) is 0. The highest BCUT2D eigenvalue weighted by Crippen LogP contribution is 2.51. The number of thiophene rings is 1. The minimum atomic E-state index is 0.887. The molecule has 11 rings (SSSR count). The van der Waals surface area contributed by atoms with E-state index in [4.69, 9.17) is 4.42 Å². The lowest BCUT2D eigenvalue weighted by molar-refractivity contribution is 0.583. The van der Waals surface area contributed by atoms with Crippen molar-refractivity contribution in [1.29, 1.82) is 0 Å². The van der Waals surface area contributed by atoms with Gasteiger partial charge in [0, 0.05) is 25.7 Å². The minimum absolute atomic E-state index is 0.887. The molecule has 0 atom stereocenters. The summed E-state index contributed by atoms with van der Waals surface area (Å²) in [6.45, 7) is 0. The molecule has 2 heterocycles. The van der Waals surface area contributed by atoms with E-state index in [1.165, 1.54) is 96.6 Å². The van der Waals surface area contributed by atoms with Crippen molar-refractivity contribution in [3.63, 3.8) is 0 Å². The van der Waals surface area contributed by atoms with Crippen LogP contribution in [0.4, 0.5) is 0 Å². The lowest BCUT2D eigenvalue weighted by Gasteiger charge is -2.19. The smallest absolute Gasteiger partial charge is 0.135 e. The second-order valence-electron chi connectivity index (χ2n) is 13.5. The maximum Gasteiger partial charge on any atom is 0.135 e. The average molecular weight is 679 g/mol. The van der Waals surface area contributed by atoms with Crippen LogP contribution in [0.3, 0.4) is 0 Å². The van der Waals surface area contributed by atoms with Gasteiger partial charge in [-0.25, -0.2) is 0 Å². The zero-order valence-corrected chi connectivity index (χ0v) is 29.0. The van der Waals surface area contributed by atoms with Gasteiger partial charge in [-0.3, -0.25) is 0 Å². The van der Waals surface area contributed by atoms with Gasteiger partial charge in [0.25, 0.3) is 0 Å². The van der Waals surface area contributed by atoms with E-state index >= 15 is 0 Å². The molecule has 2 aromatic heterocycles. The van der Waals surface area contributed by atoms with Gasteiger partial charge in [0.15, 0.2) is 0 Å². The molecule has 0 bridgehead atoms. The molecule has 11 aromatic rings. The summed E-state index contributed by atoms with van der Waals surface area (Å²) in [5, 5.41) is 12.5. The van der Waals surface area contributed by atoms with Crippen molar-refractivity contribution in [2.24, 2.45) is 0 Å². The second kappa shape index (κ2) is 11.5. The third kappa shape index (κ3) is 4.22. The number of benzene rings is 9. The molecule has 0 fully saturated rings. The van der Waals surface area contributed by atoms with E-state index in [1.54, 1.807) is 6.26 Å². The molecule has 0 saturated carbocycles. The van der Waals surface area contributed by atoms with E-state index in [9.17, 15) is 0 Å². The molecule has 0 aliphatic carbocycles. The zero-order chi connectivity index (χ0) is 34.2. The Bertz CT molecular complexity index is 3050. The summed E-state index contributed by atoms with van der Waals surface area (Å²) in [5.74, 6) is 0.887. The predicted molar refractivity (Wildman–Crippen MR) is 223 cm³/mol. The van der Waals surface area contributed by atoms with Crippen molar-refractivity contribution in [1.82, 2.24) is 0 Å². The van der Waals surface area contributed by atoms with Gasteiger partial charge in [-0.2, -0.15) is 0 Å². The normalized spacial score (nSPS) is 11.8. The standard InChI is InChI=1S/C50H30OS/c1-2-15-31(16-3-1)45-32-17-4-6-19-34(32)46(35-20-7-5-18-33(35)45)40-25-12-28-43-49(40)50-41(26-13-29-44(50)52-43)47-36-21-8-10-23-38(36)48(42-27-14-30-51-42)39-24-11-9-22-37(39)47/h1-30H. The van der Waals surface area contributed by atoms with Crippen molar-refractivity contribution in [3.8, 4) is 44.7 Å². The van der Waals surface area contributed by atoms with Crippen LogP contribution in [-0.4, -0.2) is 0 Å². The topological polar surface area (TPSA) is 13.1 Å². The maximum absolute atomic E-state index is 6.07. The van der Waals surface area contributed by atoms with Gasteiger partial charge < -0.3 is 4.42 Å². The van der Waals surface area contributed by atoms with Crippen LogP contribution in [0.25, 0.3) is 108 Å². The number of rotatable bonds is 4. The number of fused-ring (bicyclic) bond motifs is 7. The molecule has 242 valence electrons. The van der Waals surface area contributed by atoms with Crippen LogP contribution in [0.5, 0.6) is 0 Å². The Morgan fingerprint density at radius 3 is 1.13 bits per heavy atom. The molecule has 0 aliphatic heterocycles. The van der Waals surface area contributed by atoms with E-state index in [1.807, 2.05) is 17.4 Å². The summed E-state index contributed by atoms with van der Waals surface area (Å²) in [7, 11) is 0. The number of furan rings is 1. The Morgan fingerprint density at radius 1 is 0.308 bits per heavy atom. The van der Waals surface area contributed by atoms with Crippen molar-refractivity contribution in [2.75, 3.05) is 0 Å². The first-order chi connectivity index (χ1) is 25.8. The van der Waals surface area contributed by atoms with Crippen LogP contribution >= 0.6 is 11.3 Å². The first-order valence-corrected chi connectivity index (χ1v) is 18.6. The molecule has 0 spiro atoms. The minimum Gasteiger partial charge on any atom is -0.464 e. The van der Waals surface area contributed by atoms with Crippen molar-refractivity contribution >= 4 is 74.6 Å². The largest absolute Gasteiger partial charge is 0.464 e. The van der Waals surface area contributed by atoms with Crippen molar-refractivity contribution in [2.45, 2.75) is 0 Å². The highest BCUT2D eigenvalue weighted by molar-refractivity contribution is 7.26. The van der Waals surface area contributed by atoms with Gasteiger partial charge in [-0.15, -0.1) is 11.3 Å². The van der Waals surface area contributed by atoms with Crippen LogP contribution in [0.15, 0.2) is 187 Å². The third-order valence-corrected chi connectivity index (χ3v) is 11.9. The van der Waals surface area contributed by atoms with Crippen LogP contribution in [0.1, 0.15) is 0 Å². The van der Waals surface area contributed by atoms with Crippen LogP contribution in [0, 0.1) is 0 Å². The van der Waals surface area contributed by atoms with E-state index in [-0.39, 0.29) is 0 Å². The number of hydrogen-bond donors (Lipinski definition) is 0. The van der Waals surface area contributed by atoms with E-state index in [2.05, 4.69) is 170 Å². The fourth-order valence-corrected chi connectivity index (χ4v) is 9.88. The van der Waals surface area contributed by atoms with Crippen LogP contribution in [0.2, 0.25) is 0 Å². The van der Waals surface area contributed by atoms with Gasteiger partial charge >= 0.3 is 0 Å². The molecule has 0 unspecified atom stereocenters. The third-order valence-electron chi connectivity index (χ3n) is 10.8. The second-order valence-corrected chi connectivity index (χ2v) is 14.6. The summed E-state index contributed by atoms with van der Waals surface area (Å²) in [5.41, 5.74) is 8.73. The Morgan fingerprint density at radius 2 is 0.712 bits per heavy atom. The van der Waals surface area contributed by atoms with Gasteiger partial charge in [0.2, 0.25) is 0 Å². The molecular formula is C50H30OS. The van der Waals surface area contributed by atoms with Gasteiger partial charge in [0.1, 0.15) is 5.76 Å². The molecule has 0 amide bonds. The Balaban J connectivity index is 1.30. The van der Waals surface area contributed by atoms with Crippen molar-refractivity contribution < 1.29 is 4.42 Å². The van der Waals surface area contributed by atoms with Gasteiger partial charge in [0.05, 0.1) is 6.26 Å². The summed E-state index contributed by atoms with van der Waals surface area (Å²) >= 11 is 1.89. The van der Waals surface area contributed by atoms with Crippen LogP contribution < -0.4 is 0 Å². The first kappa shape index (κ1) is 29.3. The Hall–Kier alpha value is -6.48. The summed E-state index contributed by atoms with van der Waals surface area (Å²) in [6, 6.07) is 64.2. The van der Waals surface area contributed by atoms with E-state index in [0.717, 1.165) is 11.3 Å². The summed E-state index contributed by atoms with van der Waals surface area (Å²) < 4.78 is 8.65. The Labute approximate surface area is 304 Å². The molecule has 1 nitrogen and oxygen atoms in total.